The molecule has 0 fully saturated rings. The van der Waals surface area contributed by atoms with Crippen molar-refractivity contribution < 1.29 is 8.42 Å². The molecule has 2 N–H and O–H groups in total. The van der Waals surface area contributed by atoms with Gasteiger partial charge < -0.3 is 5.32 Å². The van der Waals surface area contributed by atoms with Crippen LogP contribution >= 0.6 is 11.8 Å². The van der Waals surface area contributed by atoms with E-state index in [1.807, 2.05) is 6.26 Å². The van der Waals surface area contributed by atoms with E-state index < -0.39 is 10.0 Å². The fraction of sp³-hybridized carbons (Fsp3) is 0.455. The first-order valence-corrected chi connectivity index (χ1v) is 8.30. The first-order valence-electron chi connectivity index (χ1n) is 5.42. The molecule has 0 unspecified atom stereocenters. The highest BCUT2D eigenvalue weighted by molar-refractivity contribution is 7.98. The maximum absolute atomic E-state index is 11.7. The van der Waals surface area contributed by atoms with Crippen LogP contribution in [0.3, 0.4) is 0 Å². The number of thioether (sulfide) groups is 1. The minimum atomic E-state index is -3.33. The molecule has 0 heterocycles. The molecule has 0 saturated heterocycles. The van der Waals surface area contributed by atoms with Crippen LogP contribution in [0.25, 0.3) is 0 Å². The van der Waals surface area contributed by atoms with Crippen LogP contribution in [0.2, 0.25) is 0 Å². The topological polar surface area (TPSA) is 58.2 Å². The van der Waals surface area contributed by atoms with E-state index in [1.54, 1.807) is 43.0 Å². The zero-order chi connectivity index (χ0) is 12.7. The van der Waals surface area contributed by atoms with E-state index in [-0.39, 0.29) is 0 Å². The minimum Gasteiger partial charge on any atom is -0.384 e. The largest absolute Gasteiger partial charge is 0.384 e. The second-order valence-electron chi connectivity index (χ2n) is 3.45. The monoisotopic (exact) mass is 274 g/mol. The predicted octanol–water partition coefficient (Wildman–Crippen LogP) is 1.76. The first kappa shape index (κ1) is 14.3. The van der Waals surface area contributed by atoms with Crippen molar-refractivity contribution in [3.8, 4) is 0 Å². The third-order valence-electron chi connectivity index (χ3n) is 2.13. The Kier molecular flexibility index (Phi) is 5.80. The van der Waals surface area contributed by atoms with Crippen LogP contribution in [-0.2, 0) is 10.0 Å². The third kappa shape index (κ3) is 4.57. The molecule has 0 spiro atoms. The molecule has 0 aromatic heterocycles. The molecule has 1 rings (SSSR count). The summed E-state index contributed by atoms with van der Waals surface area (Å²) in [6.07, 6.45) is 2.05. The molecule has 0 aliphatic heterocycles. The molecule has 96 valence electrons. The van der Waals surface area contributed by atoms with Crippen LogP contribution in [0.15, 0.2) is 29.2 Å². The Labute approximate surface area is 107 Å². The van der Waals surface area contributed by atoms with Gasteiger partial charge in [-0.15, -0.1) is 0 Å². The maximum atomic E-state index is 11.7. The molecule has 0 amide bonds. The second-order valence-corrected chi connectivity index (χ2v) is 6.20. The molecule has 0 aliphatic carbocycles. The number of anilines is 1. The fourth-order valence-corrected chi connectivity index (χ4v) is 2.67. The van der Waals surface area contributed by atoms with E-state index in [4.69, 9.17) is 0 Å². The summed E-state index contributed by atoms with van der Waals surface area (Å²) >= 11 is 1.77. The Bertz CT molecular complexity index is 429. The smallest absolute Gasteiger partial charge is 0.240 e. The third-order valence-corrected chi connectivity index (χ3v) is 4.31. The molecule has 6 heteroatoms. The molecule has 0 aliphatic rings. The van der Waals surface area contributed by atoms with Crippen LogP contribution in [0.5, 0.6) is 0 Å². The van der Waals surface area contributed by atoms with E-state index in [1.165, 1.54) is 0 Å². The zero-order valence-corrected chi connectivity index (χ0v) is 11.7. The summed E-state index contributed by atoms with van der Waals surface area (Å²) in [6.45, 7) is 3.03. The predicted molar refractivity (Wildman–Crippen MR) is 74.2 cm³/mol. The fourth-order valence-electron chi connectivity index (χ4n) is 1.32. The summed E-state index contributed by atoms with van der Waals surface area (Å²) < 4.78 is 25.8. The van der Waals surface area contributed by atoms with Gasteiger partial charge >= 0.3 is 0 Å². The van der Waals surface area contributed by atoms with Gasteiger partial charge in [-0.05, 0) is 30.5 Å². The van der Waals surface area contributed by atoms with Crippen LogP contribution in [0.4, 0.5) is 5.69 Å². The summed E-state index contributed by atoms with van der Waals surface area (Å²) in [7, 11) is -3.33. The quantitative estimate of drug-likeness (QED) is 0.744. The molecule has 0 saturated carbocycles. The van der Waals surface area contributed by atoms with Crippen molar-refractivity contribution in [1.82, 2.24) is 4.72 Å². The van der Waals surface area contributed by atoms with E-state index >= 15 is 0 Å². The Morgan fingerprint density at radius 3 is 2.41 bits per heavy atom. The second kappa shape index (κ2) is 6.88. The zero-order valence-electron chi connectivity index (χ0n) is 10.1. The normalized spacial score (nSPS) is 11.4. The Hall–Kier alpha value is -0.720. The average Bonchev–Trinajstić information content (AvgIpc) is 2.30. The van der Waals surface area contributed by atoms with Crippen molar-refractivity contribution in [3.63, 3.8) is 0 Å². The number of benzene rings is 1. The van der Waals surface area contributed by atoms with E-state index in [2.05, 4.69) is 10.0 Å². The number of sulfonamides is 1. The lowest BCUT2D eigenvalue weighted by molar-refractivity contribution is 0.584. The lowest BCUT2D eigenvalue weighted by Gasteiger charge is -2.07. The van der Waals surface area contributed by atoms with Crippen molar-refractivity contribution in [2.45, 2.75) is 11.8 Å². The van der Waals surface area contributed by atoms with Crippen molar-refractivity contribution in [2.24, 2.45) is 0 Å². The van der Waals surface area contributed by atoms with Crippen molar-refractivity contribution >= 4 is 27.5 Å². The average molecular weight is 274 g/mol. The van der Waals surface area contributed by atoms with E-state index in [0.717, 1.165) is 18.0 Å². The van der Waals surface area contributed by atoms with E-state index in [9.17, 15) is 8.42 Å². The van der Waals surface area contributed by atoms with Gasteiger partial charge in [-0.25, -0.2) is 13.1 Å². The molecule has 4 nitrogen and oxygen atoms in total. The molecular formula is C11H18N2O2S2. The van der Waals surface area contributed by atoms with Crippen molar-refractivity contribution in [1.29, 1.82) is 0 Å². The van der Waals surface area contributed by atoms with Gasteiger partial charge in [0.2, 0.25) is 10.0 Å². The van der Waals surface area contributed by atoms with Gasteiger partial charge in [-0.3, -0.25) is 0 Å². The lowest BCUT2D eigenvalue weighted by Crippen LogP contribution is -2.23. The molecule has 0 atom stereocenters. The van der Waals surface area contributed by atoms with Crippen LogP contribution in [0.1, 0.15) is 6.92 Å². The Morgan fingerprint density at radius 2 is 1.88 bits per heavy atom. The highest BCUT2D eigenvalue weighted by atomic mass is 32.2. The summed E-state index contributed by atoms with van der Waals surface area (Å²) in [5, 5.41) is 3.22. The summed E-state index contributed by atoms with van der Waals surface area (Å²) in [5.74, 6) is 1.03. The number of rotatable bonds is 7. The maximum Gasteiger partial charge on any atom is 0.240 e. The molecule has 1 aromatic rings. The summed E-state index contributed by atoms with van der Waals surface area (Å²) in [6, 6.07) is 6.79. The van der Waals surface area contributed by atoms with Crippen molar-refractivity contribution in [2.75, 3.05) is 30.4 Å². The molecule has 17 heavy (non-hydrogen) atoms. The van der Waals surface area contributed by atoms with Crippen LogP contribution < -0.4 is 10.0 Å². The molecule has 0 bridgehead atoms. The summed E-state index contributed by atoms with van der Waals surface area (Å²) in [4.78, 5) is 0.301. The van der Waals surface area contributed by atoms with Gasteiger partial charge in [0.25, 0.3) is 0 Å². The van der Waals surface area contributed by atoms with E-state index in [0.29, 0.717) is 11.4 Å². The SMILES string of the molecule is CCNS(=O)(=O)c1ccc(NCCSC)cc1. The van der Waals surface area contributed by atoms with Gasteiger partial charge in [-0.2, -0.15) is 11.8 Å². The Balaban J connectivity index is 2.68. The standard InChI is InChI=1S/C11H18N2O2S2/c1-3-13-17(14,15)11-6-4-10(5-7-11)12-8-9-16-2/h4-7,12-13H,3,8-9H2,1-2H3. The highest BCUT2D eigenvalue weighted by Crippen LogP contribution is 2.13. The van der Waals surface area contributed by atoms with Gasteiger partial charge in [-0.1, -0.05) is 6.92 Å². The minimum absolute atomic E-state index is 0.301. The number of nitrogens with one attached hydrogen (secondary N) is 2. The van der Waals surface area contributed by atoms with Gasteiger partial charge in [0.1, 0.15) is 0 Å². The van der Waals surface area contributed by atoms with Crippen LogP contribution in [-0.4, -0.2) is 33.5 Å². The van der Waals surface area contributed by atoms with Gasteiger partial charge in [0.15, 0.2) is 0 Å². The van der Waals surface area contributed by atoms with Crippen molar-refractivity contribution in [3.05, 3.63) is 24.3 Å². The number of hydrogen-bond acceptors (Lipinski definition) is 4. The Morgan fingerprint density at radius 1 is 1.24 bits per heavy atom. The van der Waals surface area contributed by atoms with Crippen LogP contribution in [0, 0.1) is 0 Å². The van der Waals surface area contributed by atoms with Gasteiger partial charge in [0.05, 0.1) is 4.90 Å². The summed E-state index contributed by atoms with van der Waals surface area (Å²) in [5.41, 5.74) is 0.939. The molecule has 1 aromatic carbocycles. The molecule has 0 radical (unpaired) electrons. The van der Waals surface area contributed by atoms with Gasteiger partial charge in [0, 0.05) is 24.5 Å². The number of hydrogen-bond donors (Lipinski definition) is 2. The lowest BCUT2D eigenvalue weighted by atomic mass is 10.3. The highest BCUT2D eigenvalue weighted by Gasteiger charge is 2.11. The molecular weight excluding hydrogens is 256 g/mol. The first-order chi connectivity index (χ1) is 8.10.